The Labute approximate surface area is 293 Å². The molecule has 9 atom stereocenters. The second kappa shape index (κ2) is 13.1. The summed E-state index contributed by atoms with van der Waals surface area (Å²) in [6.45, 7) is 23.3. The van der Waals surface area contributed by atoms with Crippen molar-refractivity contribution >= 4 is 15.8 Å². The molecule has 5 aliphatic carbocycles. The quantitative estimate of drug-likeness (QED) is 0.168. The first-order chi connectivity index (χ1) is 22.5. The molecular weight excluding hydrogens is 617 g/mol. The van der Waals surface area contributed by atoms with Crippen molar-refractivity contribution in [1.29, 1.82) is 0 Å². The van der Waals surface area contributed by atoms with Crippen molar-refractivity contribution in [2.45, 2.75) is 137 Å². The van der Waals surface area contributed by atoms with Gasteiger partial charge in [0, 0.05) is 38.1 Å². The van der Waals surface area contributed by atoms with Crippen LogP contribution in [-0.4, -0.2) is 67.6 Å². The van der Waals surface area contributed by atoms with Gasteiger partial charge < -0.3 is 15.3 Å². The van der Waals surface area contributed by atoms with Crippen molar-refractivity contribution in [1.82, 2.24) is 10.2 Å². The number of carboxylic acid groups (broad SMARTS) is 1. The smallest absolute Gasteiger partial charge is 0.303 e. The van der Waals surface area contributed by atoms with Gasteiger partial charge in [-0.15, -0.1) is 0 Å². The number of hydrogen-bond acceptors (Lipinski definition) is 5. The van der Waals surface area contributed by atoms with Crippen molar-refractivity contribution in [2.24, 2.45) is 51.2 Å². The zero-order valence-corrected chi connectivity index (χ0v) is 32.2. The van der Waals surface area contributed by atoms with Crippen molar-refractivity contribution < 1.29 is 18.3 Å². The molecule has 0 radical (unpaired) electrons. The fraction of sp³-hybridized carbons (Fsp3) is 0.878. The minimum absolute atomic E-state index is 0.175. The summed E-state index contributed by atoms with van der Waals surface area (Å²) in [5, 5.41) is 13.3. The summed E-state index contributed by atoms with van der Waals surface area (Å²) in [6.07, 6.45) is 18.6. The lowest BCUT2D eigenvalue weighted by atomic mass is 9.33. The largest absolute Gasteiger partial charge is 0.481 e. The van der Waals surface area contributed by atoms with Gasteiger partial charge in [0.25, 0.3) is 0 Å². The van der Waals surface area contributed by atoms with Gasteiger partial charge in [0.1, 0.15) is 0 Å². The van der Waals surface area contributed by atoms with E-state index in [9.17, 15) is 13.2 Å². The molecule has 1 aliphatic heterocycles. The molecule has 1 saturated heterocycles. The van der Waals surface area contributed by atoms with Gasteiger partial charge in [0.05, 0.1) is 11.5 Å². The zero-order valence-electron chi connectivity index (χ0n) is 31.3. The van der Waals surface area contributed by atoms with Crippen LogP contribution in [0.2, 0.25) is 0 Å². The molecule has 0 amide bonds. The van der Waals surface area contributed by atoms with Gasteiger partial charge in [0.15, 0.2) is 9.84 Å². The Bertz CT molecular complexity index is 1370. The van der Waals surface area contributed by atoms with E-state index in [1.54, 1.807) is 5.57 Å². The first kappa shape index (κ1) is 36.6. The first-order valence-corrected chi connectivity index (χ1v) is 21.6. The van der Waals surface area contributed by atoms with Crippen LogP contribution in [0.1, 0.15) is 131 Å². The highest BCUT2D eigenvalue weighted by molar-refractivity contribution is 7.91. The third-order valence-electron chi connectivity index (χ3n) is 16.5. The lowest BCUT2D eigenvalue weighted by molar-refractivity contribution is -0.221. The van der Waals surface area contributed by atoms with Crippen molar-refractivity contribution in [3.8, 4) is 0 Å². The maximum atomic E-state index is 12.0. The molecule has 5 fully saturated rings. The van der Waals surface area contributed by atoms with Gasteiger partial charge in [0.2, 0.25) is 0 Å². The first-order valence-electron chi connectivity index (χ1n) is 19.7. The summed E-state index contributed by atoms with van der Waals surface area (Å²) in [5.41, 5.74) is 4.35. The third-order valence-corrected chi connectivity index (χ3v) is 18.1. The van der Waals surface area contributed by atoms with E-state index in [2.05, 4.69) is 64.4 Å². The maximum Gasteiger partial charge on any atom is 0.303 e. The second-order valence-corrected chi connectivity index (χ2v) is 21.2. The Morgan fingerprint density at radius 2 is 1.67 bits per heavy atom. The molecule has 4 saturated carbocycles. The normalized spacial score (nSPS) is 43.3. The molecule has 48 heavy (non-hydrogen) atoms. The molecule has 0 aromatic carbocycles. The fourth-order valence-electron chi connectivity index (χ4n) is 13.7. The van der Waals surface area contributed by atoms with Gasteiger partial charge in [-0.25, -0.2) is 8.42 Å². The maximum absolute atomic E-state index is 12.0. The fourth-order valence-corrected chi connectivity index (χ4v) is 15.0. The van der Waals surface area contributed by atoms with E-state index in [0.29, 0.717) is 70.9 Å². The summed E-state index contributed by atoms with van der Waals surface area (Å²) in [7, 11) is -2.85. The number of nitrogens with zero attached hydrogens (tertiary/aromatic N) is 1. The molecule has 0 spiro atoms. The Morgan fingerprint density at radius 3 is 2.35 bits per heavy atom. The predicted octanol–water partition coefficient (Wildman–Crippen LogP) is 8.29. The zero-order chi connectivity index (χ0) is 34.8. The van der Waals surface area contributed by atoms with Crippen LogP contribution in [-0.2, 0) is 14.6 Å². The van der Waals surface area contributed by atoms with Gasteiger partial charge in [-0.2, -0.15) is 0 Å². The highest BCUT2D eigenvalue weighted by Crippen LogP contribution is 2.76. The van der Waals surface area contributed by atoms with Crippen molar-refractivity contribution in [3.05, 3.63) is 23.8 Å². The van der Waals surface area contributed by atoms with E-state index in [4.69, 9.17) is 5.11 Å². The standard InChI is InChI=1S/C41H68N2O4S/c1-29(2)31-16-20-41(42-23-24-43-25-27-48(46,47)28-26-43)22-21-39(6)32(36(31)41)13-14-34-38(5)18-15-30(11-9-8-10-12-35(44)45)37(3,4)33(38)17-19-40(34,39)7/h15,31-34,36,42H,1,8-14,16-28H2,2-7H3,(H,44,45)/t31-,32+,33-,34+,36+,38-,39+,40+,41-/m0/s1. The van der Waals surface area contributed by atoms with Gasteiger partial charge in [-0.05, 0) is 135 Å². The van der Waals surface area contributed by atoms with Crippen LogP contribution >= 0.6 is 0 Å². The number of allylic oxidation sites excluding steroid dienone is 3. The Kier molecular flexibility index (Phi) is 9.99. The molecule has 0 aromatic heterocycles. The van der Waals surface area contributed by atoms with E-state index >= 15 is 0 Å². The number of hydrogen-bond donors (Lipinski definition) is 2. The van der Waals surface area contributed by atoms with Crippen LogP contribution < -0.4 is 5.32 Å². The average Bonchev–Trinajstić information content (AvgIpc) is 3.39. The molecule has 1 heterocycles. The number of fused-ring (bicyclic) bond motifs is 7. The molecule has 6 nitrogen and oxygen atoms in total. The summed E-state index contributed by atoms with van der Waals surface area (Å²) in [5.74, 6) is 3.30. The number of carbonyl (C=O) groups is 1. The third kappa shape index (κ3) is 6.10. The Balaban J connectivity index is 1.20. The Hall–Kier alpha value is -1.18. The van der Waals surface area contributed by atoms with Crippen LogP contribution in [0.15, 0.2) is 23.8 Å². The average molecular weight is 685 g/mol. The highest BCUT2D eigenvalue weighted by Gasteiger charge is 2.70. The van der Waals surface area contributed by atoms with Gasteiger partial charge >= 0.3 is 5.97 Å². The molecular formula is C41H68N2O4S. The molecule has 6 rings (SSSR count). The molecule has 2 N–H and O–H groups in total. The lowest BCUT2D eigenvalue weighted by Crippen LogP contribution is -2.68. The van der Waals surface area contributed by atoms with Crippen LogP contribution in [0.25, 0.3) is 0 Å². The summed E-state index contributed by atoms with van der Waals surface area (Å²) >= 11 is 0. The van der Waals surface area contributed by atoms with Gasteiger partial charge in [-0.3, -0.25) is 4.79 Å². The SMILES string of the molecule is C=C(C)[C@@H]1CC[C@]2(NCCN3CCS(=O)(=O)CC3)CC[C@]3(C)[C@H](CC[C@@H]4[C@@]5(C)CC=C(CCCCCC(=O)O)C(C)(C)[C@@H]5CC[C@]43C)[C@@H]12. The summed E-state index contributed by atoms with van der Waals surface area (Å²) < 4.78 is 24.0. The molecule has 7 heteroatoms. The van der Waals surface area contributed by atoms with Crippen LogP contribution in [0.4, 0.5) is 0 Å². The second-order valence-electron chi connectivity index (χ2n) is 18.9. The Morgan fingerprint density at radius 1 is 0.938 bits per heavy atom. The monoisotopic (exact) mass is 684 g/mol. The van der Waals surface area contributed by atoms with Crippen LogP contribution in [0, 0.1) is 51.2 Å². The molecule has 0 unspecified atom stereocenters. The molecule has 0 aromatic rings. The molecule has 0 bridgehead atoms. The van der Waals surface area contributed by atoms with Crippen LogP contribution in [0.3, 0.4) is 0 Å². The van der Waals surface area contributed by atoms with E-state index < -0.39 is 15.8 Å². The number of sulfone groups is 1. The van der Waals surface area contributed by atoms with Crippen LogP contribution in [0.5, 0.6) is 0 Å². The number of nitrogens with one attached hydrogen (secondary N) is 1. The molecule has 272 valence electrons. The van der Waals surface area contributed by atoms with E-state index in [0.717, 1.165) is 44.7 Å². The number of aliphatic carboxylic acids is 1. The minimum atomic E-state index is -2.85. The number of unbranched alkanes of at least 4 members (excludes halogenated alkanes) is 2. The summed E-state index contributed by atoms with van der Waals surface area (Å²) in [4.78, 5) is 13.4. The highest BCUT2D eigenvalue weighted by atomic mass is 32.2. The van der Waals surface area contributed by atoms with Crippen molar-refractivity contribution in [3.63, 3.8) is 0 Å². The predicted molar refractivity (Wildman–Crippen MR) is 197 cm³/mol. The summed E-state index contributed by atoms with van der Waals surface area (Å²) in [6, 6.07) is 0. The number of carboxylic acids is 1. The van der Waals surface area contributed by atoms with E-state index in [-0.39, 0.29) is 11.0 Å². The lowest BCUT2D eigenvalue weighted by Gasteiger charge is -2.72. The minimum Gasteiger partial charge on any atom is -0.481 e. The molecule has 6 aliphatic rings. The van der Waals surface area contributed by atoms with Gasteiger partial charge in [-0.1, -0.05) is 64.8 Å². The number of rotatable bonds is 11. The van der Waals surface area contributed by atoms with E-state index in [1.165, 1.54) is 63.4 Å². The van der Waals surface area contributed by atoms with Crippen molar-refractivity contribution in [2.75, 3.05) is 37.7 Å². The van der Waals surface area contributed by atoms with E-state index in [1.807, 2.05) is 0 Å². The topological polar surface area (TPSA) is 86.7 Å².